The van der Waals surface area contributed by atoms with Gasteiger partial charge in [-0.3, -0.25) is 0 Å². The molecule has 0 atom stereocenters. The first-order chi connectivity index (χ1) is 11.4. The molecule has 24 heavy (non-hydrogen) atoms. The van der Waals surface area contributed by atoms with Gasteiger partial charge in [-0.1, -0.05) is 0 Å². The van der Waals surface area contributed by atoms with Gasteiger partial charge in [-0.2, -0.15) is 0 Å². The second-order valence-corrected chi connectivity index (χ2v) is 8.18. The summed E-state index contributed by atoms with van der Waals surface area (Å²) >= 11 is 0. The van der Waals surface area contributed by atoms with Crippen LogP contribution < -0.4 is 14.2 Å². The molecule has 1 heterocycles. The van der Waals surface area contributed by atoms with Crippen molar-refractivity contribution in [2.24, 2.45) is 5.92 Å². The van der Waals surface area contributed by atoms with Crippen LogP contribution in [0.15, 0.2) is 23.1 Å². The van der Waals surface area contributed by atoms with Crippen LogP contribution in [0.4, 0.5) is 0 Å². The normalized spacial score (nSPS) is 17.2. The smallest absolute Gasteiger partial charge is 0.244 e. The Morgan fingerprint density at radius 2 is 1.88 bits per heavy atom. The van der Waals surface area contributed by atoms with Crippen LogP contribution >= 0.6 is 0 Å². The number of likely N-dealkylation sites (tertiary alicyclic amines) is 1. The van der Waals surface area contributed by atoms with Gasteiger partial charge in [0.15, 0.2) is 0 Å². The molecule has 1 aliphatic rings. The van der Waals surface area contributed by atoms with Gasteiger partial charge in [-0.05, 0) is 57.8 Å². The Balaban J connectivity index is 1.99. The van der Waals surface area contributed by atoms with E-state index in [-0.39, 0.29) is 10.6 Å². The predicted molar refractivity (Wildman–Crippen MR) is 94.2 cm³/mol. The zero-order valence-electron chi connectivity index (χ0n) is 14.9. The lowest BCUT2D eigenvalue weighted by Gasteiger charge is -2.34. The minimum absolute atomic E-state index is 0.144. The zero-order valence-corrected chi connectivity index (χ0v) is 15.7. The summed E-state index contributed by atoms with van der Waals surface area (Å²) in [5, 5.41) is 0. The van der Waals surface area contributed by atoms with Crippen molar-refractivity contribution in [2.45, 2.75) is 37.6 Å². The first-order valence-electron chi connectivity index (χ1n) is 8.33. The molecule has 1 aliphatic heterocycles. The Bertz CT molecular complexity index is 638. The second kappa shape index (κ2) is 8.18. The van der Waals surface area contributed by atoms with Crippen molar-refractivity contribution in [3.05, 3.63) is 18.2 Å². The molecule has 0 aliphatic carbocycles. The van der Waals surface area contributed by atoms with Gasteiger partial charge in [-0.15, -0.1) is 0 Å². The average molecular weight is 356 g/mol. The van der Waals surface area contributed by atoms with Crippen LogP contribution in [-0.4, -0.2) is 53.2 Å². The molecule has 0 radical (unpaired) electrons. The van der Waals surface area contributed by atoms with Gasteiger partial charge in [0.05, 0.1) is 14.2 Å². The van der Waals surface area contributed by atoms with Gasteiger partial charge in [-0.25, -0.2) is 13.1 Å². The van der Waals surface area contributed by atoms with Crippen molar-refractivity contribution in [3.63, 3.8) is 0 Å². The van der Waals surface area contributed by atoms with Crippen LogP contribution in [-0.2, 0) is 10.0 Å². The van der Waals surface area contributed by atoms with Crippen LogP contribution in [0.1, 0.15) is 26.7 Å². The molecule has 0 aromatic heterocycles. The molecular weight excluding hydrogens is 328 g/mol. The van der Waals surface area contributed by atoms with Gasteiger partial charge in [0.1, 0.15) is 16.4 Å². The van der Waals surface area contributed by atoms with E-state index in [4.69, 9.17) is 9.47 Å². The van der Waals surface area contributed by atoms with Crippen molar-refractivity contribution >= 4 is 10.0 Å². The number of rotatable bonds is 7. The fourth-order valence-electron chi connectivity index (χ4n) is 2.98. The Morgan fingerprint density at radius 3 is 2.42 bits per heavy atom. The maximum Gasteiger partial charge on any atom is 0.244 e. The molecule has 1 aromatic rings. The summed E-state index contributed by atoms with van der Waals surface area (Å²) in [6.07, 6.45) is 2.03. The molecule has 1 saturated heterocycles. The number of ether oxygens (including phenoxy) is 2. The average Bonchev–Trinajstić information content (AvgIpc) is 2.59. The molecule has 136 valence electrons. The quantitative estimate of drug-likeness (QED) is 0.810. The van der Waals surface area contributed by atoms with E-state index < -0.39 is 10.0 Å². The number of hydrogen-bond acceptors (Lipinski definition) is 5. The molecule has 0 bridgehead atoms. The molecule has 1 N–H and O–H groups in total. The minimum Gasteiger partial charge on any atom is -0.497 e. The summed E-state index contributed by atoms with van der Waals surface area (Å²) in [6, 6.07) is 5.26. The first kappa shape index (κ1) is 19.0. The maximum atomic E-state index is 12.6. The molecule has 0 unspecified atom stereocenters. The highest BCUT2D eigenvalue weighted by molar-refractivity contribution is 7.89. The summed E-state index contributed by atoms with van der Waals surface area (Å²) < 4.78 is 38.2. The molecule has 7 heteroatoms. The third-order valence-corrected chi connectivity index (χ3v) is 6.06. The van der Waals surface area contributed by atoms with Crippen molar-refractivity contribution < 1.29 is 17.9 Å². The number of nitrogens with zero attached hydrogens (tertiary/aromatic N) is 1. The molecule has 6 nitrogen and oxygen atoms in total. The van der Waals surface area contributed by atoms with Crippen LogP contribution in [0.2, 0.25) is 0 Å². The topological polar surface area (TPSA) is 67.9 Å². The molecule has 1 aromatic carbocycles. The Hall–Kier alpha value is -1.31. The highest BCUT2D eigenvalue weighted by Gasteiger charge is 2.24. The SMILES string of the molecule is COc1ccc(S(=O)(=O)NCC2CCN(C(C)C)CC2)c(OC)c1. The number of sulfonamides is 1. The lowest BCUT2D eigenvalue weighted by molar-refractivity contribution is 0.150. The fourth-order valence-corrected chi connectivity index (χ4v) is 4.24. The number of nitrogens with one attached hydrogen (secondary N) is 1. The number of hydrogen-bond donors (Lipinski definition) is 1. The molecule has 0 saturated carbocycles. The monoisotopic (exact) mass is 356 g/mol. The van der Waals surface area contributed by atoms with E-state index in [0.717, 1.165) is 25.9 Å². The van der Waals surface area contributed by atoms with E-state index >= 15 is 0 Å². The molecule has 0 spiro atoms. The predicted octanol–water partition coefficient (Wildman–Crippen LogP) is 2.10. The first-order valence-corrected chi connectivity index (χ1v) is 9.81. The summed E-state index contributed by atoms with van der Waals surface area (Å²) in [5.74, 6) is 1.22. The summed E-state index contributed by atoms with van der Waals surface area (Å²) in [7, 11) is -0.615. The van der Waals surface area contributed by atoms with Crippen molar-refractivity contribution in [1.82, 2.24) is 9.62 Å². The summed E-state index contributed by atoms with van der Waals surface area (Å²) in [6.45, 7) is 6.90. The van der Waals surface area contributed by atoms with Gasteiger partial charge in [0, 0.05) is 18.7 Å². The Kier molecular flexibility index (Phi) is 6.48. The Morgan fingerprint density at radius 1 is 1.21 bits per heavy atom. The third kappa shape index (κ3) is 4.62. The maximum absolute atomic E-state index is 12.6. The van der Waals surface area contributed by atoms with E-state index in [0.29, 0.717) is 24.3 Å². The molecular formula is C17H28N2O4S. The fraction of sp³-hybridized carbons (Fsp3) is 0.647. The number of methoxy groups -OCH3 is 2. The molecule has 1 fully saturated rings. The third-order valence-electron chi connectivity index (χ3n) is 4.60. The number of piperidine rings is 1. The van der Waals surface area contributed by atoms with Crippen molar-refractivity contribution in [1.29, 1.82) is 0 Å². The van der Waals surface area contributed by atoms with Gasteiger partial charge in [0.2, 0.25) is 10.0 Å². The van der Waals surface area contributed by atoms with Crippen molar-refractivity contribution in [3.8, 4) is 11.5 Å². The van der Waals surface area contributed by atoms with E-state index in [9.17, 15) is 8.42 Å². The van der Waals surface area contributed by atoms with Crippen LogP contribution in [0.25, 0.3) is 0 Å². The van der Waals surface area contributed by atoms with E-state index in [1.807, 2.05) is 0 Å². The van der Waals surface area contributed by atoms with Crippen molar-refractivity contribution in [2.75, 3.05) is 33.9 Å². The van der Waals surface area contributed by atoms with Crippen LogP contribution in [0, 0.1) is 5.92 Å². The standard InChI is InChI=1S/C17H28N2O4S/c1-13(2)19-9-7-14(8-10-19)12-18-24(20,21)17-6-5-15(22-3)11-16(17)23-4/h5-6,11,13-14,18H,7-10,12H2,1-4H3. The highest BCUT2D eigenvalue weighted by Crippen LogP contribution is 2.28. The summed E-state index contributed by atoms with van der Waals surface area (Å²) in [4.78, 5) is 2.57. The molecule has 0 amide bonds. The largest absolute Gasteiger partial charge is 0.497 e. The lowest BCUT2D eigenvalue weighted by atomic mass is 9.96. The van der Waals surface area contributed by atoms with Gasteiger partial charge in [0.25, 0.3) is 0 Å². The zero-order chi connectivity index (χ0) is 17.7. The van der Waals surface area contributed by atoms with Crippen LogP contribution in [0.5, 0.6) is 11.5 Å². The highest BCUT2D eigenvalue weighted by atomic mass is 32.2. The molecule has 2 rings (SSSR count). The van der Waals surface area contributed by atoms with E-state index in [2.05, 4.69) is 23.5 Å². The van der Waals surface area contributed by atoms with Crippen LogP contribution in [0.3, 0.4) is 0 Å². The second-order valence-electron chi connectivity index (χ2n) is 6.44. The number of benzene rings is 1. The summed E-state index contributed by atoms with van der Waals surface area (Å²) in [5.41, 5.74) is 0. The minimum atomic E-state index is -3.60. The Labute approximate surface area is 145 Å². The van der Waals surface area contributed by atoms with Gasteiger partial charge < -0.3 is 14.4 Å². The van der Waals surface area contributed by atoms with E-state index in [1.54, 1.807) is 12.1 Å². The lowest BCUT2D eigenvalue weighted by Crippen LogP contribution is -2.41. The van der Waals surface area contributed by atoms with E-state index in [1.165, 1.54) is 20.3 Å². The van der Waals surface area contributed by atoms with Gasteiger partial charge >= 0.3 is 0 Å².